The Morgan fingerprint density at radius 2 is 1.69 bits per heavy atom. The number of fused-ring (bicyclic) bond motifs is 1. The lowest BCUT2D eigenvalue weighted by Crippen LogP contribution is -2.28. The molecule has 0 radical (unpaired) electrons. The zero-order chi connectivity index (χ0) is 27.7. The molecule has 3 atom stereocenters. The van der Waals surface area contributed by atoms with Crippen molar-refractivity contribution in [2.45, 2.75) is 43.9 Å². The van der Waals surface area contributed by atoms with Crippen molar-refractivity contribution in [3.05, 3.63) is 23.9 Å². The molecule has 3 rings (SSSR count). The first-order valence-corrected chi connectivity index (χ1v) is 10.2. The van der Waals surface area contributed by atoms with E-state index in [1.54, 1.807) is 20.4 Å². The minimum atomic E-state index is -5.08. The number of hydrogen-bond acceptors (Lipinski definition) is 7. The van der Waals surface area contributed by atoms with Gasteiger partial charge in [0, 0.05) is 44.4 Å². The van der Waals surface area contributed by atoms with Gasteiger partial charge in [-0.1, -0.05) is 6.07 Å². The van der Waals surface area contributed by atoms with E-state index in [4.69, 9.17) is 29.3 Å². The molecule has 2 aliphatic rings. The lowest BCUT2D eigenvalue weighted by atomic mass is 10.0. The van der Waals surface area contributed by atoms with Crippen LogP contribution >= 0.6 is 0 Å². The normalized spacial score (nSPS) is 21.3. The molecule has 3 N–H and O–H groups in total. The zero-order valence-corrected chi connectivity index (χ0v) is 19.1. The number of pyridine rings is 1. The van der Waals surface area contributed by atoms with E-state index < -0.39 is 24.3 Å². The van der Waals surface area contributed by atoms with Crippen LogP contribution in [-0.4, -0.2) is 89.8 Å². The van der Waals surface area contributed by atoms with Gasteiger partial charge in [0.1, 0.15) is 0 Å². The molecule has 3 heterocycles. The molecular formula is C20H25F6N3O7. The van der Waals surface area contributed by atoms with Gasteiger partial charge in [0.15, 0.2) is 0 Å². The number of likely N-dealkylation sites (tertiary alicyclic amines) is 1. The van der Waals surface area contributed by atoms with Crippen LogP contribution in [0.25, 0.3) is 0 Å². The predicted octanol–water partition coefficient (Wildman–Crippen LogP) is 2.08. The van der Waals surface area contributed by atoms with Gasteiger partial charge in [-0.05, 0) is 12.5 Å². The van der Waals surface area contributed by atoms with Gasteiger partial charge in [-0.15, -0.1) is 0 Å². The second kappa shape index (κ2) is 13.2. The maximum Gasteiger partial charge on any atom is 0.490 e. The number of carboxylic acids is 2. The van der Waals surface area contributed by atoms with Crippen LogP contribution in [0.1, 0.15) is 18.4 Å². The average molecular weight is 533 g/mol. The Kier molecular flexibility index (Phi) is 11.4. The van der Waals surface area contributed by atoms with Gasteiger partial charge in [0.2, 0.25) is 11.8 Å². The predicted molar refractivity (Wildman–Crippen MR) is 109 cm³/mol. The van der Waals surface area contributed by atoms with Crippen LogP contribution in [0.4, 0.5) is 26.3 Å². The number of methoxy groups -OCH3 is 1. The van der Waals surface area contributed by atoms with E-state index in [1.165, 1.54) is 0 Å². The van der Waals surface area contributed by atoms with Crippen LogP contribution < -0.4 is 10.1 Å². The smallest absolute Gasteiger partial charge is 0.481 e. The summed E-state index contributed by atoms with van der Waals surface area (Å²) in [6.07, 6.45) is -6.66. The van der Waals surface area contributed by atoms with E-state index in [0.717, 1.165) is 31.6 Å². The fourth-order valence-electron chi connectivity index (χ4n) is 3.49. The van der Waals surface area contributed by atoms with Crippen molar-refractivity contribution in [1.82, 2.24) is 15.2 Å². The number of carboxylic acid groups (broad SMARTS) is 2. The van der Waals surface area contributed by atoms with Crippen molar-refractivity contribution >= 4 is 17.8 Å². The van der Waals surface area contributed by atoms with E-state index in [-0.39, 0.29) is 18.1 Å². The Labute approximate surface area is 201 Å². The number of halogens is 6. The van der Waals surface area contributed by atoms with Crippen LogP contribution in [0.3, 0.4) is 0 Å². The van der Waals surface area contributed by atoms with Crippen molar-refractivity contribution in [2.75, 3.05) is 27.2 Å². The van der Waals surface area contributed by atoms with Crippen molar-refractivity contribution in [1.29, 1.82) is 0 Å². The summed E-state index contributed by atoms with van der Waals surface area (Å²) in [5.74, 6) is -4.24. The van der Waals surface area contributed by atoms with Crippen molar-refractivity contribution in [2.24, 2.45) is 5.92 Å². The van der Waals surface area contributed by atoms with Gasteiger partial charge in [0.25, 0.3) is 0 Å². The van der Waals surface area contributed by atoms with Gasteiger partial charge >= 0.3 is 24.3 Å². The topological polar surface area (TPSA) is 138 Å². The second-order valence-electron chi connectivity index (χ2n) is 7.64. The van der Waals surface area contributed by atoms with Crippen LogP contribution in [-0.2, 0) is 25.7 Å². The van der Waals surface area contributed by atoms with Crippen molar-refractivity contribution < 1.29 is 60.4 Å². The molecule has 0 unspecified atom stereocenters. The fourth-order valence-corrected chi connectivity index (χ4v) is 3.49. The third-order valence-corrected chi connectivity index (χ3v) is 5.00. The molecule has 0 saturated carbocycles. The van der Waals surface area contributed by atoms with E-state index >= 15 is 0 Å². The molecule has 1 amide bonds. The van der Waals surface area contributed by atoms with Gasteiger partial charge in [-0.3, -0.25) is 9.69 Å². The maximum absolute atomic E-state index is 11.4. The number of nitrogens with one attached hydrogen (secondary N) is 1. The summed E-state index contributed by atoms with van der Waals surface area (Å²) in [6, 6.07) is 3.99. The number of rotatable bonds is 5. The molecule has 0 bridgehead atoms. The highest BCUT2D eigenvalue weighted by Crippen LogP contribution is 2.35. The second-order valence-corrected chi connectivity index (χ2v) is 7.64. The molecule has 2 saturated heterocycles. The van der Waals surface area contributed by atoms with E-state index in [0.29, 0.717) is 18.2 Å². The summed E-state index contributed by atoms with van der Waals surface area (Å²) < 4.78 is 74.8. The number of amides is 1. The Morgan fingerprint density at radius 1 is 1.14 bits per heavy atom. The number of hydrogen-bond donors (Lipinski definition) is 3. The molecule has 1 aromatic heterocycles. The Bertz CT molecular complexity index is 859. The van der Waals surface area contributed by atoms with E-state index in [9.17, 15) is 31.1 Å². The molecule has 10 nitrogen and oxygen atoms in total. The minimum Gasteiger partial charge on any atom is -0.481 e. The lowest BCUT2D eigenvalue weighted by Gasteiger charge is -2.19. The number of aromatic nitrogens is 1. The first-order chi connectivity index (χ1) is 16.6. The maximum atomic E-state index is 11.4. The highest BCUT2D eigenvalue weighted by molar-refractivity contribution is 5.76. The van der Waals surface area contributed by atoms with Crippen LogP contribution in [0.2, 0.25) is 0 Å². The summed E-state index contributed by atoms with van der Waals surface area (Å²) in [5.41, 5.74) is 1.10. The molecule has 0 aliphatic carbocycles. The third-order valence-electron chi connectivity index (χ3n) is 5.00. The average Bonchev–Trinajstić information content (AvgIpc) is 3.31. The number of alkyl halides is 6. The highest BCUT2D eigenvalue weighted by Gasteiger charge is 2.42. The largest absolute Gasteiger partial charge is 0.490 e. The van der Waals surface area contributed by atoms with Gasteiger partial charge in [-0.2, -0.15) is 26.3 Å². The number of carbonyl (C=O) groups excluding carboxylic acids is 1. The standard InChI is InChI=1S/C16H23N3O3.2C2HF3O2/c1-17-15(20)7-13-6-12-9-19(10-14(12)22-13)8-11-4-3-5-18-16(11)21-2;2*3-2(4,5)1(6)7/h3-5,12-14H,6-10H2,1-2H3,(H,17,20);2*(H,6,7)/t12-,13+,14+;;/m0../s1. The molecule has 204 valence electrons. The lowest BCUT2D eigenvalue weighted by molar-refractivity contribution is -0.193. The summed E-state index contributed by atoms with van der Waals surface area (Å²) in [7, 11) is 3.32. The molecule has 36 heavy (non-hydrogen) atoms. The molecule has 16 heteroatoms. The molecule has 2 aliphatic heterocycles. The summed E-state index contributed by atoms with van der Waals surface area (Å²) in [6.45, 7) is 2.74. The highest BCUT2D eigenvalue weighted by atomic mass is 19.4. The Hall–Kier alpha value is -3.14. The van der Waals surface area contributed by atoms with Crippen LogP contribution in [0.15, 0.2) is 18.3 Å². The zero-order valence-electron chi connectivity index (χ0n) is 19.1. The first-order valence-electron chi connectivity index (χ1n) is 10.2. The van der Waals surface area contributed by atoms with Gasteiger partial charge in [-0.25, -0.2) is 14.6 Å². The molecule has 1 aromatic rings. The molecule has 2 fully saturated rings. The summed E-state index contributed by atoms with van der Waals surface area (Å²) in [4.78, 5) is 35.9. The summed E-state index contributed by atoms with van der Waals surface area (Å²) in [5, 5.41) is 16.9. The third kappa shape index (κ3) is 10.2. The Balaban J connectivity index is 0.000000383. The number of carbonyl (C=O) groups is 3. The number of aliphatic carboxylic acids is 2. The first kappa shape index (κ1) is 30.9. The van der Waals surface area contributed by atoms with Crippen molar-refractivity contribution in [3.8, 4) is 5.88 Å². The van der Waals surface area contributed by atoms with Crippen LogP contribution in [0, 0.1) is 5.92 Å². The molecule has 0 spiro atoms. The molecular weight excluding hydrogens is 508 g/mol. The SMILES string of the molecule is CNC(=O)C[C@H]1C[C@H]2CN(Cc3cccnc3OC)C[C@H]2O1.O=C(O)C(F)(F)F.O=C(O)C(F)(F)F. The Morgan fingerprint density at radius 3 is 2.14 bits per heavy atom. The van der Waals surface area contributed by atoms with Gasteiger partial charge < -0.3 is 25.0 Å². The van der Waals surface area contributed by atoms with Crippen LogP contribution in [0.5, 0.6) is 5.88 Å². The molecule has 0 aromatic carbocycles. The minimum absolute atomic E-state index is 0.0573. The monoisotopic (exact) mass is 533 g/mol. The van der Waals surface area contributed by atoms with E-state index in [1.807, 2.05) is 6.07 Å². The quantitative estimate of drug-likeness (QED) is 0.486. The van der Waals surface area contributed by atoms with Crippen molar-refractivity contribution in [3.63, 3.8) is 0 Å². The number of ether oxygens (including phenoxy) is 2. The van der Waals surface area contributed by atoms with Gasteiger partial charge in [0.05, 0.1) is 25.7 Å². The number of nitrogens with zero attached hydrogens (tertiary/aromatic N) is 2. The summed E-state index contributed by atoms with van der Waals surface area (Å²) >= 11 is 0. The van der Waals surface area contributed by atoms with E-state index in [2.05, 4.69) is 21.3 Å². The fraction of sp³-hybridized carbons (Fsp3) is 0.600.